The van der Waals surface area contributed by atoms with Crippen molar-refractivity contribution in [2.45, 2.75) is 6.54 Å². The number of nitrogens with zero attached hydrogens (tertiary/aromatic N) is 1. The minimum absolute atomic E-state index is 0.0727. The molecule has 5 nitrogen and oxygen atoms in total. The summed E-state index contributed by atoms with van der Waals surface area (Å²) in [7, 11) is 0. The summed E-state index contributed by atoms with van der Waals surface area (Å²) < 4.78 is 13.9. The number of aromatic carboxylic acids is 1. The summed E-state index contributed by atoms with van der Waals surface area (Å²) in [5, 5.41) is 8.50. The van der Waals surface area contributed by atoms with E-state index in [9.17, 15) is 18.8 Å². The highest BCUT2D eigenvalue weighted by molar-refractivity contribution is 8.18. The van der Waals surface area contributed by atoms with Crippen LogP contribution >= 0.6 is 23.4 Å². The van der Waals surface area contributed by atoms with Gasteiger partial charge in [0.1, 0.15) is 5.82 Å². The Kier molecular flexibility index (Phi) is 5.11. The maximum Gasteiger partial charge on any atom is 0.335 e. The van der Waals surface area contributed by atoms with Crippen LogP contribution in [0.2, 0.25) is 5.02 Å². The number of amides is 2. The maximum atomic E-state index is 13.9. The molecule has 1 aliphatic heterocycles. The van der Waals surface area contributed by atoms with E-state index in [4.69, 9.17) is 16.7 Å². The zero-order chi connectivity index (χ0) is 18.8. The number of benzene rings is 2. The second-order valence-electron chi connectivity index (χ2n) is 5.40. The largest absolute Gasteiger partial charge is 0.478 e. The highest BCUT2D eigenvalue weighted by atomic mass is 35.5. The lowest BCUT2D eigenvalue weighted by molar-refractivity contribution is -0.123. The zero-order valence-corrected chi connectivity index (χ0v) is 14.7. The summed E-state index contributed by atoms with van der Waals surface area (Å²) in [5.41, 5.74) is 0.761. The highest BCUT2D eigenvalue weighted by Crippen LogP contribution is 2.34. The van der Waals surface area contributed by atoms with Gasteiger partial charge in [-0.1, -0.05) is 29.8 Å². The van der Waals surface area contributed by atoms with Gasteiger partial charge in [0.25, 0.3) is 11.1 Å². The molecule has 1 heterocycles. The van der Waals surface area contributed by atoms with Crippen molar-refractivity contribution in [3.63, 3.8) is 0 Å². The Morgan fingerprint density at radius 1 is 1.19 bits per heavy atom. The molecule has 1 N–H and O–H groups in total. The number of carbonyl (C=O) groups is 3. The molecule has 2 amide bonds. The Labute approximate surface area is 157 Å². The molecular weight excluding hydrogens is 381 g/mol. The first kappa shape index (κ1) is 18.2. The van der Waals surface area contributed by atoms with Crippen molar-refractivity contribution in [1.82, 2.24) is 4.90 Å². The number of carbonyl (C=O) groups excluding carboxylic acids is 2. The molecule has 2 aromatic carbocycles. The number of hydrogen-bond donors (Lipinski definition) is 1. The molecule has 0 spiro atoms. The normalized spacial score (nSPS) is 15.8. The lowest BCUT2D eigenvalue weighted by atomic mass is 10.1. The van der Waals surface area contributed by atoms with Gasteiger partial charge in [-0.25, -0.2) is 9.18 Å². The summed E-state index contributed by atoms with van der Waals surface area (Å²) in [6.45, 7) is -0.258. The van der Waals surface area contributed by atoms with Crippen molar-refractivity contribution in [2.24, 2.45) is 0 Å². The number of carboxylic acids is 1. The molecule has 2 aromatic rings. The molecule has 1 aliphatic rings. The Morgan fingerprint density at radius 2 is 1.88 bits per heavy atom. The van der Waals surface area contributed by atoms with Crippen LogP contribution in [0.4, 0.5) is 9.18 Å². The number of thioether (sulfide) groups is 1. The van der Waals surface area contributed by atoms with Crippen molar-refractivity contribution in [1.29, 1.82) is 0 Å². The molecule has 3 rings (SSSR count). The van der Waals surface area contributed by atoms with Gasteiger partial charge in [-0.15, -0.1) is 0 Å². The minimum atomic E-state index is -1.06. The van der Waals surface area contributed by atoms with E-state index < -0.39 is 22.9 Å². The van der Waals surface area contributed by atoms with Crippen LogP contribution in [0.1, 0.15) is 21.5 Å². The minimum Gasteiger partial charge on any atom is -0.478 e. The number of rotatable bonds is 4. The fourth-order valence-corrected chi connectivity index (χ4v) is 3.41. The van der Waals surface area contributed by atoms with Crippen LogP contribution in [0.25, 0.3) is 6.08 Å². The average molecular weight is 392 g/mol. The third kappa shape index (κ3) is 3.63. The molecule has 8 heteroatoms. The highest BCUT2D eigenvalue weighted by Gasteiger charge is 2.35. The first-order chi connectivity index (χ1) is 12.4. The predicted octanol–water partition coefficient (Wildman–Crippen LogP) is 4.41. The molecule has 0 aromatic heterocycles. The Balaban J connectivity index is 1.83. The van der Waals surface area contributed by atoms with Gasteiger partial charge in [-0.05, 0) is 47.7 Å². The van der Waals surface area contributed by atoms with E-state index in [0.717, 1.165) is 16.7 Å². The molecule has 1 saturated heterocycles. The zero-order valence-electron chi connectivity index (χ0n) is 13.1. The predicted molar refractivity (Wildman–Crippen MR) is 96.3 cm³/mol. The third-order valence-electron chi connectivity index (χ3n) is 3.71. The standard InChI is InChI=1S/C18H11ClFNO4S/c19-13-2-1-3-14(20)12(13)9-21-16(22)15(26-18(21)25)8-10-4-6-11(7-5-10)17(23)24/h1-8H,9H2,(H,23,24). The van der Waals surface area contributed by atoms with Crippen LogP contribution in [-0.4, -0.2) is 27.1 Å². The molecule has 0 aliphatic carbocycles. The van der Waals surface area contributed by atoms with Crippen molar-refractivity contribution in [3.8, 4) is 0 Å². The van der Waals surface area contributed by atoms with E-state index in [1.807, 2.05) is 0 Å². The van der Waals surface area contributed by atoms with Gasteiger partial charge in [0.05, 0.1) is 17.0 Å². The Morgan fingerprint density at radius 3 is 2.50 bits per heavy atom. The van der Waals surface area contributed by atoms with E-state index in [0.29, 0.717) is 5.56 Å². The summed E-state index contributed by atoms with van der Waals surface area (Å²) in [4.78, 5) is 36.6. The number of imide groups is 1. The second-order valence-corrected chi connectivity index (χ2v) is 6.80. The maximum absolute atomic E-state index is 13.9. The van der Waals surface area contributed by atoms with Gasteiger partial charge in [-0.2, -0.15) is 0 Å². The molecule has 26 heavy (non-hydrogen) atoms. The summed E-state index contributed by atoms with van der Waals surface area (Å²) >= 11 is 6.69. The molecule has 0 saturated carbocycles. The van der Waals surface area contributed by atoms with Crippen LogP contribution in [-0.2, 0) is 11.3 Å². The topological polar surface area (TPSA) is 74.7 Å². The first-order valence-corrected chi connectivity index (χ1v) is 8.58. The van der Waals surface area contributed by atoms with Gasteiger partial charge < -0.3 is 5.11 Å². The summed E-state index contributed by atoms with van der Waals surface area (Å²) in [6.07, 6.45) is 1.49. The lowest BCUT2D eigenvalue weighted by Gasteiger charge is -2.14. The lowest BCUT2D eigenvalue weighted by Crippen LogP contribution is -2.28. The van der Waals surface area contributed by atoms with Crippen LogP contribution in [0, 0.1) is 5.82 Å². The molecule has 1 fully saturated rings. The molecule has 0 atom stereocenters. The Hall–Kier alpha value is -2.64. The average Bonchev–Trinajstić information content (AvgIpc) is 2.85. The third-order valence-corrected chi connectivity index (χ3v) is 4.97. The fourth-order valence-electron chi connectivity index (χ4n) is 2.35. The van der Waals surface area contributed by atoms with E-state index in [1.165, 1.54) is 48.5 Å². The Bertz CT molecular complexity index is 922. The SMILES string of the molecule is O=C(O)c1ccc(C=C2SC(=O)N(Cc3c(F)cccc3Cl)C2=O)cc1. The van der Waals surface area contributed by atoms with E-state index in [1.54, 1.807) is 0 Å². The van der Waals surface area contributed by atoms with Crippen LogP contribution < -0.4 is 0 Å². The first-order valence-electron chi connectivity index (χ1n) is 7.38. The van der Waals surface area contributed by atoms with Gasteiger partial charge in [0, 0.05) is 10.6 Å². The fraction of sp³-hybridized carbons (Fsp3) is 0.0556. The van der Waals surface area contributed by atoms with Gasteiger partial charge in [-0.3, -0.25) is 14.5 Å². The quantitative estimate of drug-likeness (QED) is 0.781. The molecule has 0 unspecified atom stereocenters. The van der Waals surface area contributed by atoms with Crippen molar-refractivity contribution in [2.75, 3.05) is 0 Å². The van der Waals surface area contributed by atoms with Crippen molar-refractivity contribution < 1.29 is 23.9 Å². The summed E-state index contributed by atoms with van der Waals surface area (Å²) in [5.74, 6) is -2.20. The van der Waals surface area contributed by atoms with Gasteiger partial charge in [0.15, 0.2) is 0 Å². The number of hydrogen-bond acceptors (Lipinski definition) is 4. The smallest absolute Gasteiger partial charge is 0.335 e. The molecule has 0 radical (unpaired) electrons. The molecule has 0 bridgehead atoms. The monoisotopic (exact) mass is 391 g/mol. The van der Waals surface area contributed by atoms with E-state index in [-0.39, 0.29) is 27.6 Å². The van der Waals surface area contributed by atoms with E-state index in [2.05, 4.69) is 0 Å². The van der Waals surface area contributed by atoms with Gasteiger partial charge >= 0.3 is 5.97 Å². The number of carboxylic acid groups (broad SMARTS) is 1. The molecule has 132 valence electrons. The van der Waals surface area contributed by atoms with Crippen LogP contribution in [0.3, 0.4) is 0 Å². The number of halogens is 2. The molecular formula is C18H11ClFNO4S. The van der Waals surface area contributed by atoms with Gasteiger partial charge in [0.2, 0.25) is 0 Å². The second kappa shape index (κ2) is 7.31. The van der Waals surface area contributed by atoms with Crippen LogP contribution in [0.5, 0.6) is 0 Å². The van der Waals surface area contributed by atoms with E-state index >= 15 is 0 Å². The summed E-state index contributed by atoms with van der Waals surface area (Å²) in [6, 6.07) is 10.0. The van der Waals surface area contributed by atoms with Crippen LogP contribution in [0.15, 0.2) is 47.4 Å². The van der Waals surface area contributed by atoms with Crippen molar-refractivity contribution >= 4 is 46.6 Å². The van der Waals surface area contributed by atoms with Crippen molar-refractivity contribution in [3.05, 3.63) is 74.9 Å².